The molecule has 1 fully saturated rings. The first-order chi connectivity index (χ1) is 8.48. The molecular weight excluding hydrogens is 244 g/mol. The number of rotatable bonds is 2. The number of aliphatic hydroxyl groups excluding tert-OH is 1. The van der Waals surface area contributed by atoms with E-state index in [1.807, 2.05) is 24.0 Å². The standard InChI is InChI=1S/C14H22N2OS/c1-11(17)13-5-4-12(10-15-13)16-7-6-14(2,3)18-9-8-16/h4-5,10-11,17H,6-9H2,1-3H3/t11-/m1/s1. The molecule has 0 aromatic carbocycles. The van der Waals surface area contributed by atoms with Gasteiger partial charge in [-0.15, -0.1) is 0 Å². The average molecular weight is 266 g/mol. The van der Waals surface area contributed by atoms with Crippen molar-refractivity contribution in [1.29, 1.82) is 0 Å². The summed E-state index contributed by atoms with van der Waals surface area (Å²) in [4.78, 5) is 6.71. The lowest BCUT2D eigenvalue weighted by molar-refractivity contribution is 0.194. The second-order valence-electron chi connectivity index (χ2n) is 5.46. The largest absolute Gasteiger partial charge is 0.387 e. The number of pyridine rings is 1. The van der Waals surface area contributed by atoms with Crippen LogP contribution in [0.5, 0.6) is 0 Å². The van der Waals surface area contributed by atoms with Gasteiger partial charge in [0.05, 0.1) is 23.7 Å². The van der Waals surface area contributed by atoms with Crippen LogP contribution in [0, 0.1) is 0 Å². The van der Waals surface area contributed by atoms with Gasteiger partial charge in [0.25, 0.3) is 0 Å². The number of aliphatic hydroxyl groups is 1. The van der Waals surface area contributed by atoms with Crippen molar-refractivity contribution in [2.75, 3.05) is 23.7 Å². The second-order valence-corrected chi connectivity index (χ2v) is 7.26. The van der Waals surface area contributed by atoms with Gasteiger partial charge in [0.15, 0.2) is 0 Å². The Morgan fingerprint density at radius 1 is 1.39 bits per heavy atom. The maximum atomic E-state index is 9.46. The summed E-state index contributed by atoms with van der Waals surface area (Å²) in [7, 11) is 0. The number of anilines is 1. The summed E-state index contributed by atoms with van der Waals surface area (Å²) in [5.41, 5.74) is 1.90. The van der Waals surface area contributed by atoms with Gasteiger partial charge < -0.3 is 10.0 Å². The maximum absolute atomic E-state index is 9.46. The lowest BCUT2D eigenvalue weighted by Crippen LogP contribution is -2.27. The molecule has 1 atom stereocenters. The molecule has 100 valence electrons. The predicted octanol–water partition coefficient (Wildman–Crippen LogP) is 2.86. The molecule has 1 aromatic rings. The van der Waals surface area contributed by atoms with Crippen molar-refractivity contribution in [2.45, 2.75) is 38.0 Å². The predicted molar refractivity (Wildman–Crippen MR) is 78.2 cm³/mol. The molecule has 0 radical (unpaired) electrons. The Morgan fingerprint density at radius 3 is 2.78 bits per heavy atom. The Hall–Kier alpha value is -0.740. The van der Waals surface area contributed by atoms with E-state index >= 15 is 0 Å². The fourth-order valence-electron chi connectivity index (χ4n) is 2.11. The zero-order valence-corrected chi connectivity index (χ0v) is 12.2. The van der Waals surface area contributed by atoms with E-state index < -0.39 is 6.10 Å². The Morgan fingerprint density at radius 2 is 2.17 bits per heavy atom. The summed E-state index contributed by atoms with van der Waals surface area (Å²) in [6.07, 6.45) is 2.58. The highest BCUT2D eigenvalue weighted by Gasteiger charge is 2.23. The van der Waals surface area contributed by atoms with E-state index in [0.29, 0.717) is 4.75 Å². The average Bonchev–Trinajstić information content (AvgIpc) is 2.50. The lowest BCUT2D eigenvalue weighted by atomic mass is 10.1. The molecule has 1 aliphatic rings. The molecule has 0 spiro atoms. The van der Waals surface area contributed by atoms with Gasteiger partial charge in [-0.3, -0.25) is 4.98 Å². The fraction of sp³-hybridized carbons (Fsp3) is 0.643. The third kappa shape index (κ3) is 3.39. The Kier molecular flexibility index (Phi) is 4.17. The van der Waals surface area contributed by atoms with Crippen molar-refractivity contribution in [3.63, 3.8) is 0 Å². The van der Waals surface area contributed by atoms with E-state index in [-0.39, 0.29) is 0 Å². The minimum absolute atomic E-state index is 0.377. The van der Waals surface area contributed by atoms with Crippen molar-refractivity contribution in [3.8, 4) is 0 Å². The van der Waals surface area contributed by atoms with Gasteiger partial charge in [-0.2, -0.15) is 11.8 Å². The van der Waals surface area contributed by atoms with Crippen molar-refractivity contribution in [1.82, 2.24) is 4.98 Å². The molecule has 1 N–H and O–H groups in total. The van der Waals surface area contributed by atoms with E-state index in [1.54, 1.807) is 6.92 Å². The van der Waals surface area contributed by atoms with Crippen LogP contribution < -0.4 is 4.90 Å². The number of hydrogen-bond acceptors (Lipinski definition) is 4. The van der Waals surface area contributed by atoms with Crippen LogP contribution in [0.3, 0.4) is 0 Å². The highest BCUT2D eigenvalue weighted by Crippen LogP contribution is 2.32. The molecule has 1 aromatic heterocycles. The van der Waals surface area contributed by atoms with Crippen LogP contribution in [0.25, 0.3) is 0 Å². The summed E-state index contributed by atoms with van der Waals surface area (Å²) < 4.78 is 0.377. The van der Waals surface area contributed by atoms with Crippen molar-refractivity contribution in [2.24, 2.45) is 0 Å². The van der Waals surface area contributed by atoms with Gasteiger partial charge in [0, 0.05) is 23.6 Å². The molecular formula is C14H22N2OS. The first kappa shape index (κ1) is 13.7. The second kappa shape index (κ2) is 5.49. The number of nitrogens with zero attached hydrogens (tertiary/aromatic N) is 2. The number of aromatic nitrogens is 1. The van der Waals surface area contributed by atoms with E-state index in [4.69, 9.17) is 0 Å². The maximum Gasteiger partial charge on any atom is 0.0931 e. The van der Waals surface area contributed by atoms with Crippen LogP contribution in [0.4, 0.5) is 5.69 Å². The first-order valence-corrected chi connectivity index (χ1v) is 7.49. The summed E-state index contributed by atoms with van der Waals surface area (Å²) in [6.45, 7) is 8.53. The van der Waals surface area contributed by atoms with Crippen LogP contribution >= 0.6 is 11.8 Å². The fourth-order valence-corrected chi connectivity index (χ4v) is 3.21. The third-order valence-corrected chi connectivity index (χ3v) is 4.77. The highest BCUT2D eigenvalue weighted by atomic mass is 32.2. The number of hydrogen-bond donors (Lipinski definition) is 1. The Bertz CT molecular complexity index is 389. The quantitative estimate of drug-likeness (QED) is 0.893. The van der Waals surface area contributed by atoms with Crippen molar-refractivity contribution >= 4 is 17.4 Å². The molecule has 3 nitrogen and oxygen atoms in total. The van der Waals surface area contributed by atoms with Crippen LogP contribution in [0.15, 0.2) is 18.3 Å². The third-order valence-electron chi connectivity index (χ3n) is 3.40. The van der Waals surface area contributed by atoms with E-state index in [1.165, 1.54) is 6.42 Å². The van der Waals surface area contributed by atoms with Crippen molar-refractivity contribution < 1.29 is 5.11 Å². The van der Waals surface area contributed by atoms with Crippen molar-refractivity contribution in [3.05, 3.63) is 24.0 Å². The van der Waals surface area contributed by atoms with Crippen LogP contribution in [0.2, 0.25) is 0 Å². The zero-order valence-electron chi connectivity index (χ0n) is 11.4. The smallest absolute Gasteiger partial charge is 0.0931 e. The van der Waals surface area contributed by atoms with Crippen LogP contribution in [-0.2, 0) is 0 Å². The van der Waals surface area contributed by atoms with Gasteiger partial charge in [-0.25, -0.2) is 0 Å². The lowest BCUT2D eigenvalue weighted by Gasteiger charge is -2.24. The highest BCUT2D eigenvalue weighted by molar-refractivity contribution is 8.00. The molecule has 0 bridgehead atoms. The molecule has 1 saturated heterocycles. The Labute approximate surface area is 114 Å². The van der Waals surface area contributed by atoms with Gasteiger partial charge in [-0.05, 0) is 25.5 Å². The molecule has 2 rings (SSSR count). The van der Waals surface area contributed by atoms with Crippen LogP contribution in [0.1, 0.15) is 39.0 Å². The zero-order chi connectivity index (χ0) is 13.2. The molecule has 0 amide bonds. The first-order valence-electron chi connectivity index (χ1n) is 6.51. The normalized spacial score (nSPS) is 21.4. The topological polar surface area (TPSA) is 36.4 Å². The monoisotopic (exact) mass is 266 g/mol. The molecule has 18 heavy (non-hydrogen) atoms. The molecule has 4 heteroatoms. The summed E-state index contributed by atoms with van der Waals surface area (Å²) in [5, 5.41) is 9.46. The summed E-state index contributed by atoms with van der Waals surface area (Å²) in [5.74, 6) is 1.16. The molecule has 0 saturated carbocycles. The molecule has 0 aliphatic carbocycles. The van der Waals surface area contributed by atoms with E-state index in [0.717, 1.165) is 30.2 Å². The van der Waals surface area contributed by atoms with E-state index in [2.05, 4.69) is 29.8 Å². The minimum Gasteiger partial charge on any atom is -0.387 e. The van der Waals surface area contributed by atoms with Gasteiger partial charge >= 0.3 is 0 Å². The van der Waals surface area contributed by atoms with E-state index in [9.17, 15) is 5.11 Å². The van der Waals surface area contributed by atoms with Gasteiger partial charge in [0.1, 0.15) is 0 Å². The number of thioether (sulfide) groups is 1. The molecule has 2 heterocycles. The summed E-state index contributed by atoms with van der Waals surface area (Å²) in [6, 6.07) is 3.99. The van der Waals surface area contributed by atoms with Gasteiger partial charge in [-0.1, -0.05) is 13.8 Å². The minimum atomic E-state index is -0.488. The molecule has 0 unspecified atom stereocenters. The Balaban J connectivity index is 2.07. The molecule has 1 aliphatic heterocycles. The van der Waals surface area contributed by atoms with Gasteiger partial charge in [0.2, 0.25) is 0 Å². The summed E-state index contributed by atoms with van der Waals surface area (Å²) >= 11 is 2.05. The SMILES string of the molecule is C[C@@H](O)c1ccc(N2CCSC(C)(C)CC2)cn1. The van der Waals surface area contributed by atoms with Crippen LogP contribution in [-0.4, -0.2) is 33.7 Å².